The van der Waals surface area contributed by atoms with Crippen LogP contribution < -0.4 is 10.6 Å². The molecule has 3 N–H and O–H groups in total. The maximum Gasteiger partial charge on any atom is 0.306 e. The zero-order chi connectivity index (χ0) is 29.2. The number of carbonyl (C=O) groups excluding carboxylic acids is 2. The molecule has 0 aliphatic rings. The first kappa shape index (κ1) is 31.3. The van der Waals surface area contributed by atoms with Crippen molar-refractivity contribution in [1.82, 2.24) is 20.1 Å². The minimum Gasteiger partial charge on any atom is -0.481 e. The highest BCUT2D eigenvalue weighted by Crippen LogP contribution is 2.35. The number of nitrogens with zero attached hydrogens (tertiary/aromatic N) is 2. The molecule has 8 nitrogen and oxygen atoms in total. The summed E-state index contributed by atoms with van der Waals surface area (Å²) in [6.07, 6.45) is 2.41. The van der Waals surface area contributed by atoms with Crippen molar-refractivity contribution in [2.45, 2.75) is 85.4 Å². The third kappa shape index (κ3) is 6.57. The van der Waals surface area contributed by atoms with E-state index in [0.29, 0.717) is 6.42 Å². The van der Waals surface area contributed by atoms with Crippen LogP contribution in [-0.4, -0.2) is 64.6 Å². The minimum atomic E-state index is -0.885. The molecule has 1 aromatic carbocycles. The average Bonchev–Trinajstić information content (AvgIpc) is 3.16. The lowest BCUT2D eigenvalue weighted by atomic mass is 9.76. The molecular formula is C30H48N4O4. The summed E-state index contributed by atoms with van der Waals surface area (Å²) in [6.45, 7) is 15.5. The molecule has 1 heterocycles. The van der Waals surface area contributed by atoms with E-state index in [4.69, 9.17) is 0 Å². The molecule has 1 aromatic heterocycles. The van der Waals surface area contributed by atoms with Gasteiger partial charge in [0.15, 0.2) is 0 Å². The van der Waals surface area contributed by atoms with Crippen molar-refractivity contribution in [2.75, 3.05) is 14.1 Å². The molecule has 0 aliphatic heterocycles. The van der Waals surface area contributed by atoms with Crippen molar-refractivity contribution >= 4 is 28.7 Å². The van der Waals surface area contributed by atoms with Gasteiger partial charge in [-0.2, -0.15) is 0 Å². The van der Waals surface area contributed by atoms with Crippen LogP contribution in [0.25, 0.3) is 10.9 Å². The molecule has 212 valence electrons. The summed E-state index contributed by atoms with van der Waals surface area (Å²) >= 11 is 0. The standard InChI is InChI=1S/C30H48N4O4/c1-18(2)23(16-19(3)28(37)38)34(11)27(36)25(29(4,5)6)32-26(35)24(31-9)30(7,8)21-17-33(10)22-15-13-12-14-20(21)22/h12-15,17-19,23-25,31H,16H2,1-11H3,(H,32,35)(H,37,38)/t19?,23?,24-,25-/m1/s1. The van der Waals surface area contributed by atoms with Gasteiger partial charge in [-0.3, -0.25) is 14.4 Å². The molecule has 4 atom stereocenters. The Morgan fingerprint density at radius 2 is 1.61 bits per heavy atom. The number of fused-ring (bicyclic) bond motifs is 1. The van der Waals surface area contributed by atoms with Gasteiger partial charge in [0.2, 0.25) is 11.8 Å². The second-order valence-corrected chi connectivity index (χ2v) is 12.7. The van der Waals surface area contributed by atoms with E-state index in [2.05, 4.69) is 33.5 Å². The van der Waals surface area contributed by atoms with Crippen molar-refractivity contribution in [2.24, 2.45) is 24.3 Å². The number of aliphatic carboxylic acids is 1. The number of carbonyl (C=O) groups is 3. The van der Waals surface area contributed by atoms with Crippen LogP contribution in [0.5, 0.6) is 0 Å². The normalized spacial score (nSPS) is 15.7. The molecule has 38 heavy (non-hydrogen) atoms. The van der Waals surface area contributed by atoms with E-state index in [1.165, 1.54) is 0 Å². The van der Waals surface area contributed by atoms with Crippen LogP contribution in [0.3, 0.4) is 0 Å². The van der Waals surface area contributed by atoms with Crippen molar-refractivity contribution in [1.29, 1.82) is 0 Å². The van der Waals surface area contributed by atoms with Crippen LogP contribution in [-0.2, 0) is 26.8 Å². The van der Waals surface area contributed by atoms with Gasteiger partial charge in [0.25, 0.3) is 0 Å². The predicted molar refractivity (Wildman–Crippen MR) is 153 cm³/mol. The zero-order valence-corrected chi connectivity index (χ0v) is 25.0. The molecular weight excluding hydrogens is 480 g/mol. The number of carboxylic acid groups (broad SMARTS) is 1. The first-order valence-corrected chi connectivity index (χ1v) is 13.5. The van der Waals surface area contributed by atoms with Crippen molar-refractivity contribution < 1.29 is 19.5 Å². The second kappa shape index (κ2) is 11.9. The third-order valence-corrected chi connectivity index (χ3v) is 7.89. The van der Waals surface area contributed by atoms with E-state index in [1.54, 1.807) is 25.9 Å². The molecule has 8 heteroatoms. The number of hydrogen-bond acceptors (Lipinski definition) is 4. The third-order valence-electron chi connectivity index (χ3n) is 7.89. The fourth-order valence-electron chi connectivity index (χ4n) is 5.41. The Morgan fingerprint density at radius 3 is 2.11 bits per heavy atom. The number of hydrogen-bond donors (Lipinski definition) is 3. The Kier molecular flexibility index (Phi) is 9.81. The lowest BCUT2D eigenvalue weighted by Gasteiger charge is -2.40. The highest BCUT2D eigenvalue weighted by Gasteiger charge is 2.42. The quantitative estimate of drug-likeness (QED) is 0.406. The van der Waals surface area contributed by atoms with Gasteiger partial charge >= 0.3 is 5.97 Å². The van der Waals surface area contributed by atoms with Crippen molar-refractivity contribution in [3.8, 4) is 0 Å². The lowest BCUT2D eigenvalue weighted by molar-refractivity contribution is -0.145. The molecule has 0 radical (unpaired) electrons. The maximum atomic E-state index is 13.9. The lowest BCUT2D eigenvalue weighted by Crippen LogP contribution is -2.61. The molecule has 2 unspecified atom stereocenters. The SMILES string of the molecule is CN[C@H](C(=O)N[C@H](C(=O)N(C)C(CC(C)C(=O)O)C(C)C)C(C)(C)C)C(C)(C)c1cn(C)c2ccccc12. The van der Waals surface area contributed by atoms with Gasteiger partial charge in [-0.05, 0) is 36.4 Å². The molecule has 0 saturated heterocycles. The number of para-hydroxylation sites is 1. The summed E-state index contributed by atoms with van der Waals surface area (Å²) in [5.41, 5.74) is 0.978. The van der Waals surface area contributed by atoms with Gasteiger partial charge < -0.3 is 25.2 Å². The molecule has 0 bridgehead atoms. The summed E-state index contributed by atoms with van der Waals surface area (Å²) in [6, 6.07) is 6.45. The molecule has 0 saturated carbocycles. The minimum absolute atomic E-state index is 0.0532. The first-order valence-electron chi connectivity index (χ1n) is 13.5. The van der Waals surface area contributed by atoms with E-state index in [-0.39, 0.29) is 23.8 Å². The summed E-state index contributed by atoms with van der Waals surface area (Å²) < 4.78 is 2.07. The number of aromatic nitrogens is 1. The van der Waals surface area contributed by atoms with E-state index in [9.17, 15) is 19.5 Å². The van der Waals surface area contributed by atoms with Crippen LogP contribution in [0, 0.1) is 17.3 Å². The molecule has 0 fully saturated rings. The van der Waals surface area contributed by atoms with E-state index in [0.717, 1.165) is 16.5 Å². The Labute approximate surface area is 228 Å². The van der Waals surface area contributed by atoms with E-state index in [1.807, 2.05) is 67.6 Å². The largest absolute Gasteiger partial charge is 0.481 e. The summed E-state index contributed by atoms with van der Waals surface area (Å²) in [4.78, 5) is 40.9. The fraction of sp³-hybridized carbons (Fsp3) is 0.633. The summed E-state index contributed by atoms with van der Waals surface area (Å²) in [5.74, 6) is -1.90. The van der Waals surface area contributed by atoms with E-state index >= 15 is 0 Å². The maximum absolute atomic E-state index is 13.9. The first-order chi connectivity index (χ1) is 17.4. The van der Waals surface area contributed by atoms with Crippen LogP contribution in [0.15, 0.2) is 30.5 Å². The molecule has 2 rings (SSSR count). The topological polar surface area (TPSA) is 104 Å². The van der Waals surface area contributed by atoms with Gasteiger partial charge in [-0.15, -0.1) is 0 Å². The molecule has 2 aromatic rings. The Morgan fingerprint density at radius 1 is 1.03 bits per heavy atom. The molecule has 0 spiro atoms. The number of aryl methyl sites for hydroxylation is 1. The highest BCUT2D eigenvalue weighted by molar-refractivity contribution is 5.92. The highest BCUT2D eigenvalue weighted by atomic mass is 16.4. The number of benzene rings is 1. The molecule has 2 amide bonds. The number of rotatable bonds is 11. The summed E-state index contributed by atoms with van der Waals surface area (Å²) in [7, 11) is 5.47. The molecule has 0 aliphatic carbocycles. The zero-order valence-electron chi connectivity index (χ0n) is 25.0. The number of amides is 2. The van der Waals surface area contributed by atoms with Crippen LogP contribution in [0.4, 0.5) is 0 Å². The van der Waals surface area contributed by atoms with Crippen LogP contribution >= 0.6 is 0 Å². The van der Waals surface area contributed by atoms with Gasteiger partial charge in [0.1, 0.15) is 6.04 Å². The Hall–Kier alpha value is -2.87. The average molecular weight is 529 g/mol. The van der Waals surface area contributed by atoms with Gasteiger partial charge in [-0.25, -0.2) is 0 Å². The fourth-order valence-corrected chi connectivity index (χ4v) is 5.41. The van der Waals surface area contributed by atoms with E-state index < -0.39 is 34.8 Å². The predicted octanol–water partition coefficient (Wildman–Crippen LogP) is 4.17. The number of likely N-dealkylation sites (N-methyl/N-ethyl adjacent to an activating group) is 2. The van der Waals surface area contributed by atoms with Gasteiger partial charge in [0, 0.05) is 42.7 Å². The number of carboxylic acids is 1. The second-order valence-electron chi connectivity index (χ2n) is 12.7. The summed E-state index contributed by atoms with van der Waals surface area (Å²) in [5, 5.41) is 16.8. The van der Waals surface area contributed by atoms with Gasteiger partial charge in [-0.1, -0.05) is 73.6 Å². The Balaban J connectivity index is 2.39. The van der Waals surface area contributed by atoms with Crippen molar-refractivity contribution in [3.05, 3.63) is 36.0 Å². The monoisotopic (exact) mass is 528 g/mol. The van der Waals surface area contributed by atoms with Crippen LogP contribution in [0.2, 0.25) is 0 Å². The Bertz CT molecular complexity index is 1140. The van der Waals surface area contributed by atoms with Crippen LogP contribution in [0.1, 0.15) is 67.4 Å². The van der Waals surface area contributed by atoms with Gasteiger partial charge in [0.05, 0.1) is 12.0 Å². The number of nitrogens with one attached hydrogen (secondary N) is 2. The smallest absolute Gasteiger partial charge is 0.306 e. The van der Waals surface area contributed by atoms with Crippen molar-refractivity contribution in [3.63, 3.8) is 0 Å².